The van der Waals surface area contributed by atoms with E-state index < -0.39 is 0 Å². The molecule has 1 aliphatic heterocycles. The summed E-state index contributed by atoms with van der Waals surface area (Å²) in [6.07, 6.45) is 1.33. The molecular weight excluding hydrogens is 324 g/mol. The van der Waals surface area contributed by atoms with Crippen molar-refractivity contribution >= 4 is 33.0 Å². The second-order valence-corrected chi connectivity index (χ2v) is 6.52. The van der Waals surface area contributed by atoms with E-state index in [0.717, 1.165) is 32.6 Å². The molecule has 0 spiro atoms. The summed E-state index contributed by atoms with van der Waals surface area (Å²) >= 11 is 5.02. The Morgan fingerprint density at radius 1 is 1.47 bits per heavy atom. The monoisotopic (exact) mass is 336 g/mol. The Hall–Kier alpha value is -1.13. The van der Waals surface area contributed by atoms with Crippen LogP contribution in [0.25, 0.3) is 0 Å². The highest BCUT2D eigenvalue weighted by Gasteiger charge is 2.20. The normalized spacial score (nSPS) is 13.2. The van der Waals surface area contributed by atoms with Crippen LogP contribution in [0.3, 0.4) is 0 Å². The van der Waals surface area contributed by atoms with Gasteiger partial charge in [0.15, 0.2) is 5.78 Å². The van der Waals surface area contributed by atoms with E-state index in [0.29, 0.717) is 13.0 Å². The van der Waals surface area contributed by atoms with Gasteiger partial charge in [-0.1, -0.05) is 15.9 Å². The van der Waals surface area contributed by atoms with Gasteiger partial charge < -0.3 is 4.74 Å². The predicted octanol–water partition coefficient (Wildman–Crippen LogP) is 4.18. The quantitative estimate of drug-likeness (QED) is 0.786. The Bertz CT molecular complexity index is 646. The van der Waals surface area contributed by atoms with Crippen LogP contribution in [0.15, 0.2) is 28.1 Å². The molecule has 19 heavy (non-hydrogen) atoms. The molecule has 98 valence electrons. The molecule has 3 rings (SSSR count). The maximum absolute atomic E-state index is 12.3. The van der Waals surface area contributed by atoms with Gasteiger partial charge >= 0.3 is 0 Å². The average molecular weight is 337 g/mol. The molecule has 0 radical (unpaired) electrons. The summed E-state index contributed by atoms with van der Waals surface area (Å²) in [5.41, 5.74) is 3.24. The van der Waals surface area contributed by atoms with E-state index in [1.807, 2.05) is 24.4 Å². The Labute approximate surface area is 124 Å². The largest absolute Gasteiger partial charge is 0.493 e. The summed E-state index contributed by atoms with van der Waals surface area (Å²) in [7, 11) is 0. The van der Waals surface area contributed by atoms with E-state index in [2.05, 4.69) is 22.0 Å². The van der Waals surface area contributed by atoms with Crippen molar-refractivity contribution in [1.29, 1.82) is 0 Å². The van der Waals surface area contributed by atoms with Crippen molar-refractivity contribution in [3.05, 3.63) is 49.6 Å². The van der Waals surface area contributed by atoms with Gasteiger partial charge in [0, 0.05) is 22.9 Å². The Morgan fingerprint density at radius 3 is 3.05 bits per heavy atom. The third kappa shape index (κ3) is 2.47. The first kappa shape index (κ1) is 12.9. The number of aryl methyl sites for hydroxylation is 1. The first-order valence-electron chi connectivity index (χ1n) is 6.16. The lowest BCUT2D eigenvalue weighted by atomic mass is 10.0. The van der Waals surface area contributed by atoms with Gasteiger partial charge in [0.2, 0.25) is 0 Å². The van der Waals surface area contributed by atoms with E-state index in [-0.39, 0.29) is 5.78 Å². The van der Waals surface area contributed by atoms with Crippen molar-refractivity contribution in [2.75, 3.05) is 6.61 Å². The van der Waals surface area contributed by atoms with Crippen LogP contribution in [-0.2, 0) is 12.8 Å². The standard InChI is InChI=1S/C15H13BrO2S/c1-9-3-5-19-15(9)13(17)8-11-7-12(16)6-10-2-4-18-14(10)11/h3,5-7H,2,4,8H2,1H3. The van der Waals surface area contributed by atoms with Crippen LogP contribution in [0.4, 0.5) is 0 Å². The topological polar surface area (TPSA) is 26.3 Å². The molecule has 0 N–H and O–H groups in total. The van der Waals surface area contributed by atoms with E-state index in [1.165, 1.54) is 16.9 Å². The van der Waals surface area contributed by atoms with Crippen LogP contribution < -0.4 is 4.74 Å². The lowest BCUT2D eigenvalue weighted by molar-refractivity contribution is 0.0995. The zero-order chi connectivity index (χ0) is 13.4. The second kappa shape index (κ2) is 5.10. The zero-order valence-corrected chi connectivity index (χ0v) is 12.9. The van der Waals surface area contributed by atoms with Crippen molar-refractivity contribution in [1.82, 2.24) is 0 Å². The minimum Gasteiger partial charge on any atom is -0.493 e. The molecule has 0 saturated carbocycles. The molecule has 0 fully saturated rings. The number of hydrogen-bond acceptors (Lipinski definition) is 3. The lowest BCUT2D eigenvalue weighted by Gasteiger charge is -2.08. The molecule has 2 nitrogen and oxygen atoms in total. The fourth-order valence-electron chi connectivity index (χ4n) is 2.39. The molecule has 0 amide bonds. The van der Waals surface area contributed by atoms with Gasteiger partial charge in [0.05, 0.1) is 11.5 Å². The molecule has 0 saturated heterocycles. The molecule has 1 aromatic heterocycles. The minimum absolute atomic E-state index is 0.170. The molecule has 0 bridgehead atoms. The fourth-order valence-corrected chi connectivity index (χ4v) is 3.81. The molecule has 2 aromatic rings. The third-order valence-corrected chi connectivity index (χ3v) is 4.81. The SMILES string of the molecule is Cc1ccsc1C(=O)Cc1cc(Br)cc2c1OCC2. The fraction of sp³-hybridized carbons (Fsp3) is 0.267. The number of carbonyl (C=O) groups is 1. The molecule has 1 aromatic carbocycles. The van der Waals surface area contributed by atoms with E-state index in [9.17, 15) is 4.79 Å². The third-order valence-electron chi connectivity index (χ3n) is 3.29. The number of thiophene rings is 1. The Morgan fingerprint density at radius 2 is 2.32 bits per heavy atom. The van der Waals surface area contributed by atoms with Crippen LogP contribution >= 0.6 is 27.3 Å². The number of hydrogen-bond donors (Lipinski definition) is 0. The second-order valence-electron chi connectivity index (χ2n) is 4.68. The van der Waals surface area contributed by atoms with Gasteiger partial charge in [-0.2, -0.15) is 0 Å². The van der Waals surface area contributed by atoms with Gasteiger partial charge in [0.25, 0.3) is 0 Å². The maximum Gasteiger partial charge on any atom is 0.177 e. The zero-order valence-electron chi connectivity index (χ0n) is 10.5. The molecule has 0 atom stereocenters. The molecular formula is C15H13BrO2S. The smallest absolute Gasteiger partial charge is 0.177 e. The number of ketones is 1. The molecule has 4 heteroatoms. The van der Waals surface area contributed by atoms with Crippen molar-refractivity contribution in [3.8, 4) is 5.75 Å². The number of ether oxygens (including phenoxy) is 1. The molecule has 0 aliphatic carbocycles. The number of halogens is 1. The van der Waals surface area contributed by atoms with Gasteiger partial charge in [0.1, 0.15) is 5.75 Å². The van der Waals surface area contributed by atoms with Crippen molar-refractivity contribution in [3.63, 3.8) is 0 Å². The number of Topliss-reactive ketones (excluding diaryl/α,β-unsaturated/α-hetero) is 1. The summed E-state index contributed by atoms with van der Waals surface area (Å²) in [5, 5.41) is 1.96. The van der Waals surface area contributed by atoms with Crippen molar-refractivity contribution < 1.29 is 9.53 Å². The highest BCUT2D eigenvalue weighted by atomic mass is 79.9. The van der Waals surface area contributed by atoms with Crippen LogP contribution in [0.2, 0.25) is 0 Å². The summed E-state index contributed by atoms with van der Waals surface area (Å²) in [6, 6.07) is 6.05. The van der Waals surface area contributed by atoms with Gasteiger partial charge in [-0.3, -0.25) is 4.79 Å². The maximum atomic E-state index is 12.3. The number of benzene rings is 1. The van der Waals surface area contributed by atoms with Crippen LogP contribution in [-0.4, -0.2) is 12.4 Å². The highest BCUT2D eigenvalue weighted by Crippen LogP contribution is 2.34. The van der Waals surface area contributed by atoms with Crippen LogP contribution in [0.5, 0.6) is 5.75 Å². The van der Waals surface area contributed by atoms with E-state index in [4.69, 9.17) is 4.74 Å². The highest BCUT2D eigenvalue weighted by molar-refractivity contribution is 9.10. The number of rotatable bonds is 3. The summed E-state index contributed by atoms with van der Waals surface area (Å²) in [4.78, 5) is 13.2. The average Bonchev–Trinajstić information content (AvgIpc) is 2.97. The lowest BCUT2D eigenvalue weighted by Crippen LogP contribution is -2.04. The minimum atomic E-state index is 0.170. The number of fused-ring (bicyclic) bond motifs is 1. The summed E-state index contributed by atoms with van der Waals surface area (Å²) < 4.78 is 6.68. The van der Waals surface area contributed by atoms with Gasteiger partial charge in [-0.05, 0) is 41.6 Å². The van der Waals surface area contributed by atoms with E-state index >= 15 is 0 Å². The summed E-state index contributed by atoms with van der Waals surface area (Å²) in [5.74, 6) is 1.08. The Kier molecular flexibility index (Phi) is 3.46. The molecule has 1 aliphatic rings. The molecule has 2 heterocycles. The molecule has 0 unspecified atom stereocenters. The van der Waals surface area contributed by atoms with Crippen molar-refractivity contribution in [2.45, 2.75) is 19.8 Å². The Balaban J connectivity index is 1.92. The predicted molar refractivity (Wildman–Crippen MR) is 80.4 cm³/mol. The summed E-state index contributed by atoms with van der Waals surface area (Å²) in [6.45, 7) is 2.69. The first-order valence-corrected chi connectivity index (χ1v) is 7.84. The van der Waals surface area contributed by atoms with Crippen molar-refractivity contribution in [2.24, 2.45) is 0 Å². The number of carbonyl (C=O) groups excluding carboxylic acids is 1. The van der Waals surface area contributed by atoms with Gasteiger partial charge in [-0.15, -0.1) is 11.3 Å². The van der Waals surface area contributed by atoms with Crippen LogP contribution in [0, 0.1) is 6.92 Å². The van der Waals surface area contributed by atoms with Crippen LogP contribution in [0.1, 0.15) is 26.4 Å². The van der Waals surface area contributed by atoms with Gasteiger partial charge in [-0.25, -0.2) is 0 Å². The first-order chi connectivity index (χ1) is 9.15. The van der Waals surface area contributed by atoms with E-state index in [1.54, 1.807) is 0 Å².